The number of pyridine rings is 1. The molecule has 5 heteroatoms. The second-order valence-corrected chi connectivity index (χ2v) is 6.33. The van der Waals surface area contributed by atoms with Crippen molar-refractivity contribution in [2.75, 3.05) is 0 Å². The Hall–Kier alpha value is -1.20. The topological polar surface area (TPSA) is 50.3 Å². The molecule has 0 spiro atoms. The first kappa shape index (κ1) is 10.9. The second kappa shape index (κ2) is 3.92. The van der Waals surface area contributed by atoms with Gasteiger partial charge in [0.1, 0.15) is 4.90 Å². The summed E-state index contributed by atoms with van der Waals surface area (Å²) in [5.41, 5.74) is 0. The van der Waals surface area contributed by atoms with E-state index in [0.29, 0.717) is 4.90 Å². The minimum atomic E-state index is -3.38. The molecule has 2 atom stereocenters. The molecule has 0 aliphatic carbocycles. The van der Waals surface area contributed by atoms with Crippen LogP contribution in [0.1, 0.15) is 19.3 Å². The minimum absolute atomic E-state index is 0.0407. The molecule has 17 heavy (non-hydrogen) atoms. The molecule has 2 unspecified atom stereocenters. The van der Waals surface area contributed by atoms with Gasteiger partial charge in [-0.1, -0.05) is 12.2 Å². The van der Waals surface area contributed by atoms with E-state index in [1.54, 1.807) is 22.6 Å². The van der Waals surface area contributed by atoms with E-state index in [1.807, 2.05) is 6.08 Å². The molecule has 0 N–H and O–H groups in total. The van der Waals surface area contributed by atoms with Crippen LogP contribution in [-0.4, -0.2) is 29.8 Å². The highest BCUT2D eigenvalue weighted by atomic mass is 32.2. The van der Waals surface area contributed by atoms with Crippen molar-refractivity contribution in [1.29, 1.82) is 0 Å². The Morgan fingerprint density at radius 1 is 1.35 bits per heavy atom. The number of rotatable bonds is 2. The molecule has 0 radical (unpaired) electrons. The maximum absolute atomic E-state index is 12.5. The first-order valence-electron chi connectivity index (χ1n) is 5.80. The van der Waals surface area contributed by atoms with Crippen molar-refractivity contribution in [3.63, 3.8) is 0 Å². The van der Waals surface area contributed by atoms with E-state index in [2.05, 4.69) is 11.1 Å². The molecule has 90 valence electrons. The van der Waals surface area contributed by atoms with Gasteiger partial charge in [0.25, 0.3) is 0 Å². The van der Waals surface area contributed by atoms with Gasteiger partial charge in [-0.25, -0.2) is 8.42 Å². The summed E-state index contributed by atoms with van der Waals surface area (Å²) in [6.07, 6.45) is 9.83. The lowest BCUT2D eigenvalue weighted by molar-refractivity contribution is 0.341. The maximum atomic E-state index is 12.5. The molecular weight excluding hydrogens is 236 g/mol. The van der Waals surface area contributed by atoms with E-state index in [-0.39, 0.29) is 12.1 Å². The van der Waals surface area contributed by atoms with Gasteiger partial charge < -0.3 is 0 Å². The van der Waals surface area contributed by atoms with Gasteiger partial charge in [0.05, 0.1) is 0 Å². The zero-order chi connectivity index (χ0) is 11.9. The van der Waals surface area contributed by atoms with Gasteiger partial charge in [0.15, 0.2) is 0 Å². The van der Waals surface area contributed by atoms with Crippen LogP contribution in [0.2, 0.25) is 0 Å². The fourth-order valence-electron chi connectivity index (χ4n) is 2.68. The number of hydrogen-bond acceptors (Lipinski definition) is 3. The van der Waals surface area contributed by atoms with Crippen LogP contribution < -0.4 is 0 Å². The number of nitrogens with zero attached hydrogens (tertiary/aromatic N) is 2. The van der Waals surface area contributed by atoms with Crippen LogP contribution in [0.3, 0.4) is 0 Å². The molecule has 3 heterocycles. The van der Waals surface area contributed by atoms with Crippen molar-refractivity contribution in [3.8, 4) is 0 Å². The predicted molar refractivity (Wildman–Crippen MR) is 63.8 cm³/mol. The van der Waals surface area contributed by atoms with Gasteiger partial charge in [-0.3, -0.25) is 4.98 Å². The van der Waals surface area contributed by atoms with Crippen molar-refractivity contribution in [1.82, 2.24) is 9.29 Å². The molecule has 4 nitrogen and oxygen atoms in total. The Kier molecular flexibility index (Phi) is 2.52. The third-order valence-corrected chi connectivity index (χ3v) is 5.42. The summed E-state index contributed by atoms with van der Waals surface area (Å²) in [5, 5.41) is 0. The zero-order valence-corrected chi connectivity index (χ0v) is 10.2. The van der Waals surface area contributed by atoms with Crippen molar-refractivity contribution in [3.05, 3.63) is 36.7 Å². The third kappa shape index (κ3) is 1.70. The van der Waals surface area contributed by atoms with Crippen LogP contribution in [0.25, 0.3) is 0 Å². The standard InChI is InChI=1S/C12H14N2O2S/c15-17(16,12-5-2-8-13-9-12)14-10-3-1-4-11(14)7-6-10/h1-3,5,8-11H,4,6-7H2. The molecule has 3 rings (SSSR count). The summed E-state index contributed by atoms with van der Waals surface area (Å²) in [7, 11) is -3.38. The van der Waals surface area contributed by atoms with E-state index >= 15 is 0 Å². The van der Waals surface area contributed by atoms with E-state index < -0.39 is 10.0 Å². The van der Waals surface area contributed by atoms with Crippen LogP contribution >= 0.6 is 0 Å². The first-order valence-corrected chi connectivity index (χ1v) is 7.24. The molecule has 2 aliphatic heterocycles. The normalized spacial score (nSPS) is 28.5. The van der Waals surface area contributed by atoms with Crippen LogP contribution in [0.5, 0.6) is 0 Å². The summed E-state index contributed by atoms with van der Waals surface area (Å²) >= 11 is 0. The van der Waals surface area contributed by atoms with Crippen LogP contribution in [0.4, 0.5) is 0 Å². The van der Waals surface area contributed by atoms with Crippen LogP contribution in [-0.2, 0) is 10.0 Å². The molecular formula is C12H14N2O2S. The van der Waals surface area contributed by atoms with Gasteiger partial charge in [0, 0.05) is 24.5 Å². The van der Waals surface area contributed by atoms with E-state index in [1.165, 1.54) is 6.20 Å². The molecule has 2 bridgehead atoms. The molecule has 0 amide bonds. The Labute approximate surface area is 101 Å². The van der Waals surface area contributed by atoms with E-state index in [0.717, 1.165) is 19.3 Å². The zero-order valence-electron chi connectivity index (χ0n) is 9.36. The van der Waals surface area contributed by atoms with Gasteiger partial charge in [-0.05, 0) is 31.4 Å². The van der Waals surface area contributed by atoms with Crippen molar-refractivity contribution in [2.45, 2.75) is 36.2 Å². The third-order valence-electron chi connectivity index (χ3n) is 3.46. The smallest absolute Gasteiger partial charge is 0.245 e. The molecule has 0 saturated carbocycles. The lowest BCUT2D eigenvalue weighted by atomic mass is 10.2. The second-order valence-electron chi connectivity index (χ2n) is 4.49. The van der Waals surface area contributed by atoms with Crippen LogP contribution in [0.15, 0.2) is 41.6 Å². The summed E-state index contributed by atoms with van der Waals surface area (Å²) in [4.78, 5) is 4.19. The Morgan fingerprint density at radius 3 is 2.94 bits per heavy atom. The fraction of sp³-hybridized carbons (Fsp3) is 0.417. The van der Waals surface area contributed by atoms with Gasteiger partial charge in [-0.15, -0.1) is 0 Å². The Morgan fingerprint density at radius 2 is 2.24 bits per heavy atom. The minimum Gasteiger partial charge on any atom is -0.263 e. The number of hydrogen-bond donors (Lipinski definition) is 0. The summed E-state index contributed by atoms with van der Waals surface area (Å²) in [6, 6.07) is 3.45. The molecule has 1 fully saturated rings. The van der Waals surface area contributed by atoms with E-state index in [9.17, 15) is 8.42 Å². The fourth-order valence-corrected chi connectivity index (χ4v) is 4.48. The lowest BCUT2D eigenvalue weighted by Crippen LogP contribution is -2.41. The highest BCUT2D eigenvalue weighted by molar-refractivity contribution is 7.89. The van der Waals surface area contributed by atoms with E-state index in [4.69, 9.17) is 0 Å². The average molecular weight is 250 g/mol. The lowest BCUT2D eigenvalue weighted by Gasteiger charge is -2.30. The van der Waals surface area contributed by atoms with Gasteiger partial charge >= 0.3 is 0 Å². The molecule has 0 aromatic carbocycles. The highest BCUT2D eigenvalue weighted by Crippen LogP contribution is 2.36. The number of sulfonamides is 1. The van der Waals surface area contributed by atoms with Crippen molar-refractivity contribution in [2.24, 2.45) is 0 Å². The van der Waals surface area contributed by atoms with Gasteiger partial charge in [-0.2, -0.15) is 4.31 Å². The van der Waals surface area contributed by atoms with Crippen LogP contribution in [0, 0.1) is 0 Å². The monoisotopic (exact) mass is 250 g/mol. The van der Waals surface area contributed by atoms with Crippen molar-refractivity contribution >= 4 is 10.0 Å². The summed E-state index contributed by atoms with van der Waals surface area (Å²) in [6.45, 7) is 0. The predicted octanol–water partition coefficient (Wildman–Crippen LogP) is 1.56. The summed E-state index contributed by atoms with van der Waals surface area (Å²) < 4.78 is 26.7. The number of aromatic nitrogens is 1. The van der Waals surface area contributed by atoms with Gasteiger partial charge in [0.2, 0.25) is 10.0 Å². The maximum Gasteiger partial charge on any atom is 0.245 e. The largest absolute Gasteiger partial charge is 0.263 e. The summed E-state index contributed by atoms with van der Waals surface area (Å²) in [5.74, 6) is 0. The quantitative estimate of drug-likeness (QED) is 0.748. The SMILES string of the molecule is O=S(=O)(c1cccnc1)N1C2C=CCC1CC2. The molecule has 1 aromatic rings. The molecule has 2 aliphatic rings. The number of fused-ring (bicyclic) bond motifs is 2. The Bertz CT molecular complexity index is 539. The molecule has 1 saturated heterocycles. The Balaban J connectivity index is 2.02. The molecule has 1 aromatic heterocycles. The average Bonchev–Trinajstić information content (AvgIpc) is 2.62. The highest BCUT2D eigenvalue weighted by Gasteiger charge is 2.42. The first-order chi connectivity index (χ1) is 8.19. The van der Waals surface area contributed by atoms with Crippen molar-refractivity contribution < 1.29 is 8.42 Å².